The molecule has 4 heteroatoms. The van der Waals surface area contributed by atoms with Crippen LogP contribution in [-0.2, 0) is 4.79 Å². The van der Waals surface area contributed by atoms with Crippen LogP contribution >= 0.6 is 11.6 Å². The number of carbonyl (C=O) groups is 1. The summed E-state index contributed by atoms with van der Waals surface area (Å²) in [6.07, 6.45) is 7.14. The second-order valence-electron chi connectivity index (χ2n) is 8.36. The quantitative estimate of drug-likeness (QED) is 0.870. The topological polar surface area (TPSA) is 38.3 Å². The van der Waals surface area contributed by atoms with Gasteiger partial charge in [0.1, 0.15) is 5.75 Å². The van der Waals surface area contributed by atoms with Gasteiger partial charge in [-0.2, -0.15) is 0 Å². The van der Waals surface area contributed by atoms with Gasteiger partial charge in [0.2, 0.25) is 0 Å². The Hall–Kier alpha value is -1.22. The minimum absolute atomic E-state index is 0.0197. The third-order valence-electron chi connectivity index (χ3n) is 6.24. The van der Waals surface area contributed by atoms with Crippen molar-refractivity contribution in [2.24, 2.45) is 17.8 Å². The Kier molecular flexibility index (Phi) is 4.03. The SMILES string of the molecule is Cc1cc(Cl)ccc1OC(C)C(=O)NC12CC3CC(CC(C3)C1)C2. The molecule has 1 amide bonds. The van der Waals surface area contributed by atoms with Crippen LogP contribution in [-0.4, -0.2) is 17.6 Å². The van der Waals surface area contributed by atoms with Crippen molar-refractivity contribution < 1.29 is 9.53 Å². The van der Waals surface area contributed by atoms with Crippen LogP contribution < -0.4 is 10.1 Å². The van der Waals surface area contributed by atoms with Crippen LogP contribution in [0.4, 0.5) is 0 Å². The first-order valence-electron chi connectivity index (χ1n) is 9.17. The number of amides is 1. The van der Waals surface area contributed by atoms with Gasteiger partial charge >= 0.3 is 0 Å². The Bertz CT molecular complexity index is 622. The Balaban J connectivity index is 1.42. The number of carbonyl (C=O) groups excluding carboxylic acids is 1. The molecule has 0 radical (unpaired) electrons. The molecule has 0 aromatic heterocycles. The minimum Gasteiger partial charge on any atom is -0.481 e. The van der Waals surface area contributed by atoms with Crippen molar-refractivity contribution >= 4 is 17.5 Å². The van der Waals surface area contributed by atoms with Crippen molar-refractivity contribution in [3.8, 4) is 5.75 Å². The van der Waals surface area contributed by atoms with Gasteiger partial charge in [-0.05, 0) is 93.9 Å². The predicted octanol–water partition coefficient (Wildman–Crippen LogP) is 4.50. The maximum Gasteiger partial charge on any atom is 0.261 e. The highest BCUT2D eigenvalue weighted by atomic mass is 35.5. The van der Waals surface area contributed by atoms with E-state index in [2.05, 4.69) is 5.32 Å². The molecule has 1 aromatic rings. The standard InChI is InChI=1S/C20H26ClNO2/c1-12-5-17(21)3-4-18(12)24-13(2)19(23)22-20-9-14-6-15(10-20)8-16(7-14)11-20/h3-5,13-16H,6-11H2,1-2H3,(H,22,23). The summed E-state index contributed by atoms with van der Waals surface area (Å²) >= 11 is 5.98. The van der Waals surface area contributed by atoms with Crippen molar-refractivity contribution in [1.82, 2.24) is 5.32 Å². The van der Waals surface area contributed by atoms with E-state index in [0.717, 1.165) is 29.1 Å². The van der Waals surface area contributed by atoms with E-state index in [-0.39, 0.29) is 11.4 Å². The van der Waals surface area contributed by atoms with E-state index in [4.69, 9.17) is 16.3 Å². The van der Waals surface area contributed by atoms with Gasteiger partial charge in [0.25, 0.3) is 5.91 Å². The number of aryl methyl sites for hydroxylation is 1. The second-order valence-corrected chi connectivity index (χ2v) is 8.79. The molecule has 130 valence electrons. The largest absolute Gasteiger partial charge is 0.481 e. The van der Waals surface area contributed by atoms with Crippen LogP contribution in [0.15, 0.2) is 18.2 Å². The molecule has 0 spiro atoms. The van der Waals surface area contributed by atoms with E-state index < -0.39 is 6.10 Å². The van der Waals surface area contributed by atoms with Crippen LogP contribution in [0.3, 0.4) is 0 Å². The van der Waals surface area contributed by atoms with E-state index in [9.17, 15) is 4.79 Å². The zero-order valence-electron chi connectivity index (χ0n) is 14.5. The molecule has 0 aliphatic heterocycles. The zero-order chi connectivity index (χ0) is 16.9. The molecule has 1 N–H and O–H groups in total. The highest BCUT2D eigenvalue weighted by Crippen LogP contribution is 2.55. The van der Waals surface area contributed by atoms with Gasteiger partial charge in [0.15, 0.2) is 6.10 Å². The average Bonchev–Trinajstić information content (AvgIpc) is 2.48. The van der Waals surface area contributed by atoms with Gasteiger partial charge in [-0.25, -0.2) is 0 Å². The summed E-state index contributed by atoms with van der Waals surface area (Å²) in [7, 11) is 0. The summed E-state index contributed by atoms with van der Waals surface area (Å²) < 4.78 is 5.91. The van der Waals surface area contributed by atoms with Gasteiger partial charge in [-0.3, -0.25) is 4.79 Å². The Morgan fingerprint density at radius 1 is 1.21 bits per heavy atom. The average molecular weight is 348 g/mol. The van der Waals surface area contributed by atoms with Crippen LogP contribution in [0.2, 0.25) is 5.02 Å². The Morgan fingerprint density at radius 2 is 1.79 bits per heavy atom. The molecule has 1 atom stereocenters. The summed E-state index contributed by atoms with van der Waals surface area (Å²) in [6, 6.07) is 5.50. The van der Waals surface area contributed by atoms with Crippen molar-refractivity contribution in [3.05, 3.63) is 28.8 Å². The fourth-order valence-electron chi connectivity index (χ4n) is 5.62. The lowest BCUT2D eigenvalue weighted by molar-refractivity contribution is -0.133. The zero-order valence-corrected chi connectivity index (χ0v) is 15.2. The van der Waals surface area contributed by atoms with E-state index in [1.807, 2.05) is 26.0 Å². The maximum atomic E-state index is 12.7. The van der Waals surface area contributed by atoms with Crippen molar-refractivity contribution in [1.29, 1.82) is 0 Å². The molecular weight excluding hydrogens is 322 g/mol. The summed E-state index contributed by atoms with van der Waals surface area (Å²) in [4.78, 5) is 12.7. The lowest BCUT2D eigenvalue weighted by Gasteiger charge is -2.57. The summed E-state index contributed by atoms with van der Waals surface area (Å²) in [5, 5.41) is 4.07. The Labute approximate surface area is 149 Å². The van der Waals surface area contributed by atoms with Crippen LogP contribution in [0.25, 0.3) is 0 Å². The molecular formula is C20H26ClNO2. The molecule has 1 aromatic carbocycles. The second kappa shape index (κ2) is 5.94. The molecule has 0 saturated heterocycles. The van der Waals surface area contributed by atoms with Crippen LogP contribution in [0.5, 0.6) is 5.75 Å². The maximum absolute atomic E-state index is 12.7. The number of ether oxygens (including phenoxy) is 1. The number of rotatable bonds is 4. The van der Waals surface area contributed by atoms with Gasteiger partial charge in [-0.1, -0.05) is 11.6 Å². The first-order chi connectivity index (χ1) is 11.4. The number of hydrogen-bond acceptors (Lipinski definition) is 2. The van der Waals surface area contributed by atoms with Gasteiger partial charge < -0.3 is 10.1 Å². The molecule has 4 aliphatic carbocycles. The third-order valence-corrected chi connectivity index (χ3v) is 6.47. The van der Waals surface area contributed by atoms with Gasteiger partial charge in [0.05, 0.1) is 0 Å². The molecule has 1 unspecified atom stereocenters. The monoisotopic (exact) mass is 347 g/mol. The summed E-state index contributed by atoms with van der Waals surface area (Å²) in [5.41, 5.74) is 0.996. The highest BCUT2D eigenvalue weighted by Gasteiger charge is 2.51. The fraction of sp³-hybridized carbons (Fsp3) is 0.650. The van der Waals surface area contributed by atoms with Crippen LogP contribution in [0, 0.1) is 24.7 Å². The fourth-order valence-corrected chi connectivity index (χ4v) is 5.84. The summed E-state index contributed by atoms with van der Waals surface area (Å²) in [5.74, 6) is 3.22. The molecule has 3 nitrogen and oxygen atoms in total. The molecule has 0 heterocycles. The number of hydrogen-bond donors (Lipinski definition) is 1. The Morgan fingerprint density at radius 3 is 2.33 bits per heavy atom. The minimum atomic E-state index is -0.488. The number of benzene rings is 1. The van der Waals surface area contributed by atoms with E-state index in [1.165, 1.54) is 38.5 Å². The van der Waals surface area contributed by atoms with E-state index >= 15 is 0 Å². The van der Waals surface area contributed by atoms with Crippen molar-refractivity contribution in [2.75, 3.05) is 0 Å². The molecule has 4 aliphatic rings. The first kappa shape index (κ1) is 16.3. The van der Waals surface area contributed by atoms with Gasteiger partial charge in [-0.15, -0.1) is 0 Å². The van der Waals surface area contributed by atoms with Crippen LogP contribution in [0.1, 0.15) is 51.0 Å². The van der Waals surface area contributed by atoms with E-state index in [0.29, 0.717) is 5.02 Å². The summed E-state index contributed by atoms with van der Waals surface area (Å²) in [6.45, 7) is 3.79. The predicted molar refractivity (Wildman–Crippen MR) is 95.3 cm³/mol. The molecule has 24 heavy (non-hydrogen) atoms. The normalized spacial score (nSPS) is 34.9. The van der Waals surface area contributed by atoms with E-state index in [1.54, 1.807) is 6.07 Å². The van der Waals surface area contributed by atoms with Gasteiger partial charge in [0, 0.05) is 10.6 Å². The number of nitrogens with one attached hydrogen (secondary N) is 1. The first-order valence-corrected chi connectivity index (χ1v) is 9.55. The molecule has 4 saturated carbocycles. The van der Waals surface area contributed by atoms with Crippen molar-refractivity contribution in [3.63, 3.8) is 0 Å². The smallest absolute Gasteiger partial charge is 0.261 e. The molecule has 4 bridgehead atoms. The highest BCUT2D eigenvalue weighted by molar-refractivity contribution is 6.30. The lowest BCUT2D eigenvalue weighted by atomic mass is 9.53. The lowest BCUT2D eigenvalue weighted by Crippen LogP contribution is -2.61. The molecule has 5 rings (SSSR count). The molecule has 4 fully saturated rings. The van der Waals surface area contributed by atoms with Crippen molar-refractivity contribution in [2.45, 2.75) is 64.0 Å². The third kappa shape index (κ3) is 3.03. The number of halogens is 1.